The first-order chi connectivity index (χ1) is 8.80. The fraction of sp³-hybridized carbons (Fsp3) is 0.500. The van der Waals surface area contributed by atoms with Crippen molar-refractivity contribution in [3.63, 3.8) is 0 Å². The quantitative estimate of drug-likeness (QED) is 0.800. The van der Waals surface area contributed by atoms with Gasteiger partial charge in [0.2, 0.25) is 0 Å². The standard InChI is InChI=1S/C14H18N2OS/c1-2-16(10-5-9-15)12-14-8-7-13(18-14)6-3-4-11-17/h7-8,17H,2,4-5,10-12H2,1H3. The zero-order valence-corrected chi connectivity index (χ0v) is 11.5. The van der Waals surface area contributed by atoms with E-state index in [-0.39, 0.29) is 6.61 Å². The van der Waals surface area contributed by atoms with Crippen molar-refractivity contribution in [3.8, 4) is 17.9 Å². The average molecular weight is 262 g/mol. The summed E-state index contributed by atoms with van der Waals surface area (Å²) < 4.78 is 0. The van der Waals surface area contributed by atoms with Crippen LogP contribution in [-0.2, 0) is 6.54 Å². The molecule has 3 nitrogen and oxygen atoms in total. The van der Waals surface area contributed by atoms with Gasteiger partial charge in [-0.25, -0.2) is 0 Å². The van der Waals surface area contributed by atoms with Gasteiger partial charge >= 0.3 is 0 Å². The summed E-state index contributed by atoms with van der Waals surface area (Å²) in [4.78, 5) is 4.55. The minimum absolute atomic E-state index is 0.114. The van der Waals surface area contributed by atoms with E-state index in [1.54, 1.807) is 11.3 Å². The van der Waals surface area contributed by atoms with Gasteiger partial charge in [-0.3, -0.25) is 4.90 Å². The SMILES string of the molecule is CCN(CCC#N)Cc1ccc(C#CCCO)s1. The molecule has 0 saturated heterocycles. The second-order valence-corrected chi connectivity index (χ2v) is 4.99. The Labute approximate surface area is 113 Å². The molecular formula is C14H18N2OS. The minimum atomic E-state index is 0.114. The van der Waals surface area contributed by atoms with E-state index in [0.717, 1.165) is 24.5 Å². The van der Waals surface area contributed by atoms with E-state index in [1.165, 1.54) is 4.88 Å². The van der Waals surface area contributed by atoms with Crippen LogP contribution in [0.15, 0.2) is 12.1 Å². The van der Waals surface area contributed by atoms with E-state index in [4.69, 9.17) is 10.4 Å². The highest BCUT2D eigenvalue weighted by Crippen LogP contribution is 2.17. The minimum Gasteiger partial charge on any atom is -0.395 e. The molecule has 18 heavy (non-hydrogen) atoms. The predicted octanol–water partition coefficient (Wildman–Crippen LogP) is 2.22. The van der Waals surface area contributed by atoms with Gasteiger partial charge in [0.25, 0.3) is 0 Å². The van der Waals surface area contributed by atoms with E-state index in [0.29, 0.717) is 12.8 Å². The molecule has 0 aliphatic rings. The number of hydrogen-bond acceptors (Lipinski definition) is 4. The van der Waals surface area contributed by atoms with Gasteiger partial charge in [0.05, 0.1) is 17.6 Å². The van der Waals surface area contributed by atoms with Gasteiger partial charge in [-0.1, -0.05) is 18.8 Å². The Morgan fingerprint density at radius 3 is 2.89 bits per heavy atom. The van der Waals surface area contributed by atoms with Crippen LogP contribution in [-0.4, -0.2) is 29.7 Å². The molecule has 0 amide bonds. The summed E-state index contributed by atoms with van der Waals surface area (Å²) in [6, 6.07) is 6.28. The third-order valence-corrected chi connectivity index (χ3v) is 3.46. The molecule has 0 spiro atoms. The number of thiophene rings is 1. The lowest BCUT2D eigenvalue weighted by atomic mass is 10.3. The summed E-state index contributed by atoms with van der Waals surface area (Å²) >= 11 is 1.68. The molecule has 0 unspecified atom stereocenters. The molecule has 0 bridgehead atoms. The van der Waals surface area contributed by atoms with Crippen LogP contribution in [0.25, 0.3) is 0 Å². The fourth-order valence-corrected chi connectivity index (χ4v) is 2.44. The maximum absolute atomic E-state index is 8.65. The normalized spacial score (nSPS) is 9.89. The van der Waals surface area contributed by atoms with E-state index >= 15 is 0 Å². The maximum Gasteiger partial charge on any atom is 0.0771 e. The smallest absolute Gasteiger partial charge is 0.0771 e. The molecule has 1 aromatic heterocycles. The van der Waals surface area contributed by atoms with E-state index in [1.807, 2.05) is 6.07 Å². The number of rotatable bonds is 6. The van der Waals surface area contributed by atoms with Crippen molar-refractivity contribution < 1.29 is 5.11 Å². The zero-order valence-electron chi connectivity index (χ0n) is 10.6. The molecule has 0 aromatic carbocycles. The lowest BCUT2D eigenvalue weighted by Gasteiger charge is -2.17. The second-order valence-electron chi connectivity index (χ2n) is 3.82. The van der Waals surface area contributed by atoms with Crippen LogP contribution in [0.4, 0.5) is 0 Å². The van der Waals surface area contributed by atoms with E-state index in [2.05, 4.69) is 35.8 Å². The van der Waals surface area contributed by atoms with Crippen LogP contribution in [0, 0.1) is 23.2 Å². The lowest BCUT2D eigenvalue weighted by Crippen LogP contribution is -2.23. The van der Waals surface area contributed by atoms with Crippen LogP contribution in [0.2, 0.25) is 0 Å². The van der Waals surface area contributed by atoms with Gasteiger partial charge in [-0.05, 0) is 18.7 Å². The fourth-order valence-electron chi connectivity index (χ4n) is 1.51. The molecule has 0 fully saturated rings. The van der Waals surface area contributed by atoms with E-state index < -0.39 is 0 Å². The van der Waals surface area contributed by atoms with Crippen molar-refractivity contribution in [2.24, 2.45) is 0 Å². The zero-order chi connectivity index (χ0) is 13.2. The molecule has 96 valence electrons. The van der Waals surface area contributed by atoms with Crippen molar-refractivity contribution in [3.05, 3.63) is 21.9 Å². The molecule has 1 N–H and O–H groups in total. The van der Waals surface area contributed by atoms with E-state index in [9.17, 15) is 0 Å². The Balaban J connectivity index is 2.52. The molecular weight excluding hydrogens is 244 g/mol. The van der Waals surface area contributed by atoms with Crippen molar-refractivity contribution in [2.45, 2.75) is 26.3 Å². The molecule has 1 aromatic rings. The Morgan fingerprint density at radius 2 is 2.22 bits per heavy atom. The third-order valence-electron chi connectivity index (χ3n) is 2.48. The molecule has 0 atom stereocenters. The number of hydrogen-bond donors (Lipinski definition) is 1. The highest BCUT2D eigenvalue weighted by Gasteiger charge is 2.05. The summed E-state index contributed by atoms with van der Waals surface area (Å²) in [6.45, 7) is 4.86. The lowest BCUT2D eigenvalue weighted by molar-refractivity contribution is 0.289. The summed E-state index contributed by atoms with van der Waals surface area (Å²) in [5, 5.41) is 17.2. The van der Waals surface area contributed by atoms with Crippen molar-refractivity contribution in [1.82, 2.24) is 4.90 Å². The van der Waals surface area contributed by atoms with Gasteiger partial charge in [0, 0.05) is 30.8 Å². The Morgan fingerprint density at radius 1 is 1.39 bits per heavy atom. The average Bonchev–Trinajstić information content (AvgIpc) is 2.82. The molecule has 0 radical (unpaired) electrons. The molecule has 1 rings (SSSR count). The number of aliphatic hydroxyl groups excluding tert-OH is 1. The molecule has 0 saturated carbocycles. The highest BCUT2D eigenvalue weighted by atomic mass is 32.1. The number of aliphatic hydroxyl groups is 1. The van der Waals surface area contributed by atoms with Crippen LogP contribution in [0.3, 0.4) is 0 Å². The molecule has 1 heterocycles. The maximum atomic E-state index is 8.65. The van der Waals surface area contributed by atoms with Gasteiger partial charge in [-0.15, -0.1) is 11.3 Å². The van der Waals surface area contributed by atoms with Gasteiger partial charge in [0.1, 0.15) is 0 Å². The number of nitriles is 1. The van der Waals surface area contributed by atoms with Crippen molar-refractivity contribution >= 4 is 11.3 Å². The Kier molecular flexibility index (Phi) is 7.13. The van der Waals surface area contributed by atoms with Gasteiger partial charge < -0.3 is 5.11 Å². The summed E-state index contributed by atoms with van der Waals surface area (Å²) in [7, 11) is 0. The monoisotopic (exact) mass is 262 g/mol. The summed E-state index contributed by atoms with van der Waals surface area (Å²) in [5.74, 6) is 5.96. The third kappa shape index (κ3) is 5.33. The highest BCUT2D eigenvalue weighted by molar-refractivity contribution is 7.12. The van der Waals surface area contributed by atoms with Crippen molar-refractivity contribution in [1.29, 1.82) is 5.26 Å². The second kappa shape index (κ2) is 8.72. The first-order valence-electron chi connectivity index (χ1n) is 6.08. The van der Waals surface area contributed by atoms with Crippen LogP contribution in [0.1, 0.15) is 29.5 Å². The predicted molar refractivity (Wildman–Crippen MR) is 74.1 cm³/mol. The molecule has 0 aliphatic heterocycles. The van der Waals surface area contributed by atoms with Crippen molar-refractivity contribution in [2.75, 3.05) is 19.7 Å². The summed E-state index contributed by atoms with van der Waals surface area (Å²) in [6.07, 6.45) is 1.10. The van der Waals surface area contributed by atoms with Crippen LogP contribution in [0.5, 0.6) is 0 Å². The Bertz CT molecular complexity index is 450. The van der Waals surface area contributed by atoms with Gasteiger partial charge in [0.15, 0.2) is 0 Å². The largest absolute Gasteiger partial charge is 0.395 e. The molecule has 4 heteroatoms. The molecule has 0 aliphatic carbocycles. The number of nitrogens with zero attached hydrogens (tertiary/aromatic N) is 2. The summed E-state index contributed by atoms with van der Waals surface area (Å²) in [5.41, 5.74) is 0. The van der Waals surface area contributed by atoms with Crippen LogP contribution < -0.4 is 0 Å². The topological polar surface area (TPSA) is 47.3 Å². The van der Waals surface area contributed by atoms with Crippen LogP contribution >= 0.6 is 11.3 Å². The first-order valence-corrected chi connectivity index (χ1v) is 6.89. The Hall–Kier alpha value is -1.33. The first kappa shape index (κ1) is 14.7. The van der Waals surface area contributed by atoms with Gasteiger partial charge in [-0.2, -0.15) is 5.26 Å².